The summed E-state index contributed by atoms with van der Waals surface area (Å²) in [6, 6.07) is 0. The van der Waals surface area contributed by atoms with Crippen LogP contribution in [0.5, 0.6) is 0 Å². The van der Waals surface area contributed by atoms with Gasteiger partial charge in [-0.1, -0.05) is 0 Å². The Bertz CT molecular complexity index is 25.6. The van der Waals surface area contributed by atoms with Crippen LogP contribution < -0.4 is 11.2 Å². The van der Waals surface area contributed by atoms with Crippen molar-refractivity contribution in [3.63, 3.8) is 0 Å². The van der Waals surface area contributed by atoms with Crippen LogP contribution in [0.4, 0.5) is 0 Å². The zero-order valence-corrected chi connectivity index (χ0v) is 4.35. The molecule has 1 saturated heterocycles. The highest BCUT2D eigenvalue weighted by atomic mass is 16.4. The highest BCUT2D eigenvalue weighted by molar-refractivity contribution is 4.55. The van der Waals surface area contributed by atoms with E-state index in [1.807, 2.05) is 0 Å². The SMILES string of the molecule is C1CCNC1.NO.[HH]. The average molecular weight is 106 g/mol. The lowest BCUT2D eigenvalue weighted by Gasteiger charge is -1.76. The Morgan fingerprint density at radius 1 is 1.29 bits per heavy atom. The molecule has 0 aromatic carbocycles. The summed E-state index contributed by atoms with van der Waals surface area (Å²) in [6.07, 6.45) is 2.78. The Labute approximate surface area is 45.0 Å². The zero-order valence-electron chi connectivity index (χ0n) is 4.35. The van der Waals surface area contributed by atoms with Gasteiger partial charge in [-0.25, -0.2) is 5.90 Å². The van der Waals surface area contributed by atoms with Crippen LogP contribution >= 0.6 is 0 Å². The molecular weight excluding hydrogens is 92.1 g/mol. The van der Waals surface area contributed by atoms with Crippen LogP contribution in [0.15, 0.2) is 0 Å². The lowest BCUT2D eigenvalue weighted by atomic mass is 10.4. The Morgan fingerprint density at radius 3 is 1.86 bits per heavy atom. The Morgan fingerprint density at radius 2 is 1.71 bits per heavy atom. The van der Waals surface area contributed by atoms with Crippen molar-refractivity contribution in [2.24, 2.45) is 5.90 Å². The standard InChI is InChI=1S/C4H9N.H3NO.H2/c1-2-4-5-3-1;1-2;/h5H,1-4H2;2H,1H2;1H. The third kappa shape index (κ3) is 3.72. The van der Waals surface area contributed by atoms with Gasteiger partial charge < -0.3 is 10.5 Å². The molecule has 0 spiro atoms. The summed E-state index contributed by atoms with van der Waals surface area (Å²) in [4.78, 5) is 0. The predicted molar refractivity (Wildman–Crippen MR) is 30.2 cm³/mol. The first-order valence-electron chi connectivity index (χ1n) is 2.47. The first-order chi connectivity index (χ1) is 3.50. The maximum atomic E-state index is 6.50. The molecule has 46 valence electrons. The molecule has 0 aromatic heterocycles. The van der Waals surface area contributed by atoms with Crippen LogP contribution in [0.25, 0.3) is 0 Å². The van der Waals surface area contributed by atoms with Crippen molar-refractivity contribution in [3.8, 4) is 0 Å². The molecule has 7 heavy (non-hydrogen) atoms. The lowest BCUT2D eigenvalue weighted by Crippen LogP contribution is -2.03. The van der Waals surface area contributed by atoms with Gasteiger partial charge in [0.05, 0.1) is 0 Å². The molecule has 1 fully saturated rings. The second-order valence-corrected chi connectivity index (χ2v) is 1.46. The Kier molecular flexibility index (Phi) is 5.78. The summed E-state index contributed by atoms with van der Waals surface area (Å²) in [6.45, 7) is 2.50. The third-order valence-corrected chi connectivity index (χ3v) is 0.957. The van der Waals surface area contributed by atoms with Gasteiger partial charge in [-0.3, -0.25) is 0 Å². The first kappa shape index (κ1) is 6.88. The van der Waals surface area contributed by atoms with Crippen LogP contribution in [-0.2, 0) is 0 Å². The van der Waals surface area contributed by atoms with E-state index in [-0.39, 0.29) is 1.43 Å². The van der Waals surface area contributed by atoms with Crippen molar-refractivity contribution in [2.45, 2.75) is 12.8 Å². The van der Waals surface area contributed by atoms with E-state index in [0.717, 1.165) is 0 Å². The van der Waals surface area contributed by atoms with E-state index in [4.69, 9.17) is 5.21 Å². The van der Waals surface area contributed by atoms with Gasteiger partial charge in [0.25, 0.3) is 0 Å². The number of nitrogens with two attached hydrogens (primary N) is 1. The first-order valence-corrected chi connectivity index (χ1v) is 2.47. The predicted octanol–water partition coefficient (Wildman–Crippen LogP) is -0.0499. The van der Waals surface area contributed by atoms with E-state index >= 15 is 0 Å². The fourth-order valence-corrected chi connectivity index (χ4v) is 0.625. The highest BCUT2D eigenvalue weighted by Gasteiger charge is 1.93. The Hall–Kier alpha value is -0.120. The van der Waals surface area contributed by atoms with Crippen molar-refractivity contribution in [2.75, 3.05) is 13.1 Å². The second kappa shape index (κ2) is 5.88. The maximum absolute atomic E-state index is 6.50. The maximum Gasteiger partial charge on any atom is 0 e. The second-order valence-electron chi connectivity index (χ2n) is 1.46. The number of hydrogen-bond acceptors (Lipinski definition) is 3. The van der Waals surface area contributed by atoms with E-state index in [2.05, 4.69) is 11.2 Å². The molecule has 4 N–H and O–H groups in total. The van der Waals surface area contributed by atoms with Crippen molar-refractivity contribution < 1.29 is 6.63 Å². The van der Waals surface area contributed by atoms with Gasteiger partial charge in [0.15, 0.2) is 0 Å². The van der Waals surface area contributed by atoms with Crippen LogP contribution in [-0.4, -0.2) is 18.3 Å². The molecule has 0 atom stereocenters. The molecule has 0 radical (unpaired) electrons. The average Bonchev–Trinajstić information content (AvgIpc) is 2.23. The topological polar surface area (TPSA) is 58.3 Å². The fraction of sp³-hybridized carbons (Fsp3) is 1.00. The smallest absolute Gasteiger partial charge is 0 e. The van der Waals surface area contributed by atoms with Crippen molar-refractivity contribution in [1.82, 2.24) is 5.32 Å². The van der Waals surface area contributed by atoms with Crippen LogP contribution in [0.1, 0.15) is 14.3 Å². The molecule has 1 rings (SSSR count). The molecule has 1 aliphatic heterocycles. The summed E-state index contributed by atoms with van der Waals surface area (Å²) in [5.41, 5.74) is 0. The largest absolute Gasteiger partial charge is 0.320 e. The number of hydrogen-bond donors (Lipinski definition) is 3. The van der Waals surface area contributed by atoms with E-state index < -0.39 is 0 Å². The summed E-state index contributed by atoms with van der Waals surface area (Å²) in [7, 11) is 0. The minimum atomic E-state index is 0. The third-order valence-electron chi connectivity index (χ3n) is 0.957. The van der Waals surface area contributed by atoms with E-state index in [0.29, 0.717) is 0 Å². The van der Waals surface area contributed by atoms with E-state index in [1.54, 1.807) is 0 Å². The lowest BCUT2D eigenvalue weighted by molar-refractivity contribution is 0.311. The Balaban J connectivity index is 0. The van der Waals surface area contributed by atoms with Crippen LogP contribution in [0.3, 0.4) is 0 Å². The van der Waals surface area contributed by atoms with Crippen LogP contribution in [0.2, 0.25) is 0 Å². The van der Waals surface area contributed by atoms with Gasteiger partial charge in [0.1, 0.15) is 0 Å². The van der Waals surface area contributed by atoms with Gasteiger partial charge in [-0.05, 0) is 25.9 Å². The molecule has 1 heterocycles. The minimum absolute atomic E-state index is 0. The molecule has 0 aromatic rings. The molecule has 3 nitrogen and oxygen atoms in total. The fourth-order valence-electron chi connectivity index (χ4n) is 0.625. The van der Waals surface area contributed by atoms with Gasteiger partial charge >= 0.3 is 0 Å². The molecular formula is C4H14N2O. The zero-order chi connectivity index (χ0) is 5.54. The summed E-state index contributed by atoms with van der Waals surface area (Å²) in [5, 5.41) is 9.72. The molecule has 0 bridgehead atoms. The normalized spacial score (nSPS) is 18.0. The van der Waals surface area contributed by atoms with Crippen molar-refractivity contribution in [1.29, 1.82) is 0 Å². The van der Waals surface area contributed by atoms with Gasteiger partial charge in [-0.2, -0.15) is 0 Å². The number of rotatable bonds is 0. The molecule has 0 saturated carbocycles. The summed E-state index contributed by atoms with van der Waals surface area (Å²) in [5.74, 6) is 3.50. The molecule has 1 aliphatic rings. The van der Waals surface area contributed by atoms with E-state index in [1.165, 1.54) is 25.9 Å². The highest BCUT2D eigenvalue weighted by Crippen LogP contribution is 1.90. The molecule has 0 amide bonds. The van der Waals surface area contributed by atoms with Gasteiger partial charge in [0.2, 0.25) is 0 Å². The molecule has 0 aliphatic carbocycles. The summed E-state index contributed by atoms with van der Waals surface area (Å²) >= 11 is 0. The van der Waals surface area contributed by atoms with Gasteiger partial charge in [-0.15, -0.1) is 0 Å². The molecule has 3 heteroatoms. The quantitative estimate of drug-likeness (QED) is 0.379. The minimum Gasteiger partial charge on any atom is -0.320 e. The van der Waals surface area contributed by atoms with Crippen molar-refractivity contribution in [3.05, 3.63) is 0 Å². The monoisotopic (exact) mass is 106 g/mol. The number of nitrogens with one attached hydrogen (secondary N) is 1. The van der Waals surface area contributed by atoms with Gasteiger partial charge in [0, 0.05) is 1.43 Å². The van der Waals surface area contributed by atoms with Crippen LogP contribution in [0, 0.1) is 0 Å². The molecule has 0 unspecified atom stereocenters. The van der Waals surface area contributed by atoms with E-state index in [9.17, 15) is 0 Å². The van der Waals surface area contributed by atoms with Crippen molar-refractivity contribution >= 4 is 0 Å². The summed E-state index contributed by atoms with van der Waals surface area (Å²) < 4.78 is 0.